The molecule has 0 unspecified atom stereocenters. The maximum absolute atomic E-state index is 9.10. The van der Waals surface area contributed by atoms with Crippen LogP contribution in [0, 0.1) is 0 Å². The Morgan fingerprint density at radius 3 is 1.91 bits per heavy atom. The number of nitrogens with one attached hydrogen (secondary N) is 1. The first kappa shape index (κ1) is 24.2. The first-order chi connectivity index (χ1) is 15.4. The summed E-state index contributed by atoms with van der Waals surface area (Å²) in [7, 11) is 4.85. The summed E-state index contributed by atoms with van der Waals surface area (Å²) in [5.41, 5.74) is 3.37. The van der Waals surface area contributed by atoms with E-state index in [-0.39, 0.29) is 0 Å². The van der Waals surface area contributed by atoms with E-state index in [9.17, 15) is 0 Å². The van der Waals surface area contributed by atoms with Gasteiger partial charge in [-0.25, -0.2) is 14.6 Å². The van der Waals surface area contributed by atoms with Crippen molar-refractivity contribution in [3.05, 3.63) is 66.2 Å². The topological polar surface area (TPSA) is 132 Å². The van der Waals surface area contributed by atoms with Gasteiger partial charge in [-0.1, -0.05) is 12.1 Å². The molecule has 0 atom stereocenters. The molecule has 0 aliphatic carbocycles. The zero-order valence-electron chi connectivity index (χ0n) is 17.9. The second-order valence-corrected chi connectivity index (χ2v) is 6.38. The molecule has 0 saturated carbocycles. The fourth-order valence-electron chi connectivity index (χ4n) is 2.79. The van der Waals surface area contributed by atoms with Gasteiger partial charge in [0.2, 0.25) is 5.75 Å². The number of aliphatic carboxylic acids is 2. The molecule has 1 heterocycles. The molecule has 10 heteroatoms. The van der Waals surface area contributed by atoms with Crippen LogP contribution in [0.2, 0.25) is 0 Å². The van der Waals surface area contributed by atoms with Crippen molar-refractivity contribution in [1.82, 2.24) is 14.9 Å². The smallest absolute Gasteiger partial charge is 0.414 e. The van der Waals surface area contributed by atoms with Gasteiger partial charge in [0, 0.05) is 31.2 Å². The van der Waals surface area contributed by atoms with Crippen molar-refractivity contribution in [2.24, 2.45) is 0 Å². The van der Waals surface area contributed by atoms with E-state index in [1.165, 1.54) is 5.56 Å². The molecule has 3 aromatic rings. The van der Waals surface area contributed by atoms with E-state index in [1.54, 1.807) is 33.9 Å². The van der Waals surface area contributed by atoms with Crippen LogP contribution in [0.5, 0.6) is 17.2 Å². The molecule has 170 valence electrons. The van der Waals surface area contributed by atoms with Crippen LogP contribution in [0.15, 0.2) is 55.1 Å². The van der Waals surface area contributed by atoms with Crippen LogP contribution >= 0.6 is 0 Å². The van der Waals surface area contributed by atoms with Crippen LogP contribution in [0.1, 0.15) is 11.1 Å². The number of hydrogen-bond acceptors (Lipinski definition) is 7. The monoisotopic (exact) mass is 443 g/mol. The van der Waals surface area contributed by atoms with Crippen molar-refractivity contribution in [3.63, 3.8) is 0 Å². The Hall–Kier alpha value is -4.05. The third-order valence-corrected chi connectivity index (χ3v) is 4.30. The fraction of sp³-hybridized carbons (Fsp3) is 0.227. The lowest BCUT2D eigenvalue weighted by atomic mass is 10.1. The minimum Gasteiger partial charge on any atom is -0.493 e. The molecule has 0 spiro atoms. The molecule has 10 nitrogen and oxygen atoms in total. The molecular weight excluding hydrogens is 418 g/mol. The van der Waals surface area contributed by atoms with Gasteiger partial charge >= 0.3 is 11.9 Å². The molecule has 0 bridgehead atoms. The van der Waals surface area contributed by atoms with Crippen molar-refractivity contribution in [1.29, 1.82) is 0 Å². The molecule has 32 heavy (non-hydrogen) atoms. The molecule has 0 radical (unpaired) electrons. The van der Waals surface area contributed by atoms with Crippen molar-refractivity contribution >= 4 is 11.9 Å². The molecule has 0 saturated heterocycles. The maximum atomic E-state index is 9.10. The van der Waals surface area contributed by atoms with Crippen LogP contribution in [0.3, 0.4) is 0 Å². The number of aromatic nitrogens is 2. The van der Waals surface area contributed by atoms with Gasteiger partial charge in [0.1, 0.15) is 0 Å². The van der Waals surface area contributed by atoms with Gasteiger partial charge < -0.3 is 34.3 Å². The number of hydrogen-bond donors (Lipinski definition) is 3. The number of carboxylic acids is 2. The summed E-state index contributed by atoms with van der Waals surface area (Å²) in [6, 6.07) is 12.3. The molecule has 0 amide bonds. The highest BCUT2D eigenvalue weighted by Gasteiger charge is 2.12. The largest absolute Gasteiger partial charge is 0.493 e. The number of carboxylic acid groups (broad SMARTS) is 2. The zero-order chi connectivity index (χ0) is 23.5. The Bertz CT molecular complexity index is 982. The second-order valence-electron chi connectivity index (χ2n) is 6.38. The van der Waals surface area contributed by atoms with E-state index < -0.39 is 11.9 Å². The number of ether oxygens (including phenoxy) is 3. The van der Waals surface area contributed by atoms with Gasteiger partial charge in [0.25, 0.3) is 0 Å². The van der Waals surface area contributed by atoms with Crippen molar-refractivity contribution in [3.8, 4) is 22.9 Å². The van der Waals surface area contributed by atoms with Gasteiger partial charge in [0.05, 0.1) is 27.7 Å². The van der Waals surface area contributed by atoms with Crippen molar-refractivity contribution in [2.75, 3.05) is 21.3 Å². The van der Waals surface area contributed by atoms with Crippen molar-refractivity contribution in [2.45, 2.75) is 13.1 Å². The van der Waals surface area contributed by atoms with Gasteiger partial charge in [-0.3, -0.25) is 0 Å². The van der Waals surface area contributed by atoms with Crippen LogP contribution in [-0.2, 0) is 22.7 Å². The highest BCUT2D eigenvalue weighted by molar-refractivity contribution is 6.27. The summed E-state index contributed by atoms with van der Waals surface area (Å²) in [5, 5.41) is 18.2. The van der Waals surface area contributed by atoms with Crippen LogP contribution in [0.25, 0.3) is 5.69 Å². The Kier molecular flexibility index (Phi) is 9.05. The molecule has 0 aliphatic rings. The molecule has 2 aromatic carbocycles. The lowest BCUT2D eigenvalue weighted by Crippen LogP contribution is -2.13. The summed E-state index contributed by atoms with van der Waals surface area (Å²) in [6.45, 7) is 1.46. The quantitative estimate of drug-likeness (QED) is 0.449. The summed E-state index contributed by atoms with van der Waals surface area (Å²) in [5.74, 6) is -1.72. The normalized spacial score (nSPS) is 9.97. The lowest BCUT2D eigenvalue weighted by molar-refractivity contribution is -0.159. The summed E-state index contributed by atoms with van der Waals surface area (Å²) < 4.78 is 18.1. The maximum Gasteiger partial charge on any atom is 0.414 e. The first-order valence-corrected chi connectivity index (χ1v) is 9.42. The minimum absolute atomic E-state index is 0.605. The van der Waals surface area contributed by atoms with Crippen molar-refractivity contribution < 1.29 is 34.0 Å². The lowest BCUT2D eigenvalue weighted by Gasteiger charge is -2.14. The Balaban J connectivity index is 0.000000534. The Morgan fingerprint density at radius 2 is 1.47 bits per heavy atom. The van der Waals surface area contributed by atoms with E-state index in [1.807, 2.05) is 22.9 Å². The molecule has 1 aromatic heterocycles. The third kappa shape index (κ3) is 6.74. The van der Waals surface area contributed by atoms with E-state index in [4.69, 9.17) is 34.0 Å². The highest BCUT2D eigenvalue weighted by Crippen LogP contribution is 2.38. The number of carbonyl (C=O) groups is 2. The third-order valence-electron chi connectivity index (χ3n) is 4.30. The molecule has 3 rings (SSSR count). The summed E-state index contributed by atoms with van der Waals surface area (Å²) >= 11 is 0. The standard InChI is InChI=1S/C20H23N3O3.C2H2O4/c1-24-18-10-16(11-19(25-2)20(18)26-3)13-22-12-15-4-6-17(7-5-15)23-9-8-21-14-23;3-1(4)2(5)6/h4-11,14,22H,12-13H2,1-3H3;(H,3,4)(H,5,6). The fourth-order valence-corrected chi connectivity index (χ4v) is 2.79. The van der Waals surface area contributed by atoms with Crippen LogP contribution < -0.4 is 19.5 Å². The molecular formula is C22H25N3O7. The Morgan fingerprint density at radius 1 is 0.906 bits per heavy atom. The van der Waals surface area contributed by atoms with Gasteiger partial charge in [-0.05, 0) is 35.4 Å². The number of benzene rings is 2. The van der Waals surface area contributed by atoms with Crippen LogP contribution in [0.4, 0.5) is 0 Å². The highest BCUT2D eigenvalue weighted by atomic mass is 16.5. The zero-order valence-corrected chi connectivity index (χ0v) is 17.9. The molecule has 0 aliphatic heterocycles. The average Bonchev–Trinajstić information content (AvgIpc) is 3.34. The SMILES string of the molecule is COc1cc(CNCc2ccc(-n3ccnc3)cc2)cc(OC)c1OC.O=C(O)C(=O)O. The second kappa shape index (κ2) is 12.0. The van der Waals surface area contributed by atoms with Gasteiger partial charge in [-0.2, -0.15) is 0 Å². The van der Waals surface area contributed by atoms with E-state index in [0.29, 0.717) is 23.8 Å². The first-order valence-electron chi connectivity index (χ1n) is 9.42. The summed E-state index contributed by atoms with van der Waals surface area (Å²) in [4.78, 5) is 22.3. The minimum atomic E-state index is -1.82. The Labute approximate surface area is 185 Å². The van der Waals surface area contributed by atoms with E-state index in [2.05, 4.69) is 34.6 Å². The summed E-state index contributed by atoms with van der Waals surface area (Å²) in [6.07, 6.45) is 5.49. The number of nitrogens with zero attached hydrogens (tertiary/aromatic N) is 2. The number of rotatable bonds is 8. The number of methoxy groups -OCH3 is 3. The predicted octanol–water partition coefficient (Wildman–Crippen LogP) is 2.34. The van der Waals surface area contributed by atoms with Crippen LogP contribution in [-0.4, -0.2) is 53.0 Å². The van der Waals surface area contributed by atoms with E-state index in [0.717, 1.165) is 17.8 Å². The molecule has 3 N–H and O–H groups in total. The number of imidazole rings is 1. The predicted molar refractivity (Wildman–Crippen MR) is 115 cm³/mol. The van der Waals surface area contributed by atoms with E-state index >= 15 is 0 Å². The average molecular weight is 443 g/mol. The van der Waals surface area contributed by atoms with Gasteiger partial charge in [0.15, 0.2) is 11.5 Å². The van der Waals surface area contributed by atoms with Gasteiger partial charge in [-0.15, -0.1) is 0 Å². The molecule has 0 fully saturated rings.